The summed E-state index contributed by atoms with van der Waals surface area (Å²) < 4.78 is 24.9. The number of unbranched alkanes of at least 4 members (excludes halogenated alkanes) is 2. The van der Waals surface area contributed by atoms with Crippen LogP contribution in [0.2, 0.25) is 0 Å². The van der Waals surface area contributed by atoms with E-state index in [4.69, 9.17) is 9.05 Å². The molecule has 3 nitrogen and oxygen atoms in total. The second-order valence-corrected chi connectivity index (χ2v) is 7.49. The van der Waals surface area contributed by atoms with Gasteiger partial charge in [-0.3, -0.25) is 4.57 Å². The highest BCUT2D eigenvalue weighted by Gasteiger charge is 2.30. The van der Waals surface area contributed by atoms with Gasteiger partial charge in [-0.25, -0.2) is 0 Å². The molecule has 0 atom stereocenters. The van der Waals surface area contributed by atoms with Crippen LogP contribution in [0.15, 0.2) is 18.2 Å². The fraction of sp³-hybridized carbons (Fsp3) is 0.667. The maximum Gasteiger partial charge on any atom is 0.361 e. The van der Waals surface area contributed by atoms with Gasteiger partial charge in [-0.2, -0.15) is 0 Å². The van der Waals surface area contributed by atoms with Gasteiger partial charge >= 0.3 is 7.60 Å². The van der Waals surface area contributed by atoms with Crippen LogP contribution in [0.3, 0.4) is 0 Å². The van der Waals surface area contributed by atoms with Gasteiger partial charge in [-0.05, 0) is 42.9 Å². The van der Waals surface area contributed by atoms with Gasteiger partial charge in [0, 0.05) is 0 Å². The molecule has 1 aromatic rings. The molecule has 1 rings (SSSR count). The molecule has 0 saturated heterocycles. The summed E-state index contributed by atoms with van der Waals surface area (Å²) in [4.78, 5) is 0. The Hall–Kier alpha value is -0.630. The number of hydrogen-bond acceptors (Lipinski definition) is 3. The van der Waals surface area contributed by atoms with E-state index in [9.17, 15) is 4.57 Å². The lowest BCUT2D eigenvalue weighted by molar-refractivity contribution is 0.208. The number of hydrogen-bond donors (Lipinski definition) is 0. The lowest BCUT2D eigenvalue weighted by atomic mass is 10.0. The van der Waals surface area contributed by atoms with Gasteiger partial charge in [0.25, 0.3) is 0 Å². The van der Waals surface area contributed by atoms with Crippen LogP contribution in [-0.2, 0) is 26.5 Å². The smallest absolute Gasteiger partial charge is 0.305 e. The van der Waals surface area contributed by atoms with Crippen molar-refractivity contribution >= 4 is 12.9 Å². The van der Waals surface area contributed by atoms with Crippen molar-refractivity contribution in [3.8, 4) is 0 Å². The van der Waals surface area contributed by atoms with Crippen LogP contribution in [0, 0.1) is 0 Å². The van der Waals surface area contributed by atoms with Crippen molar-refractivity contribution in [1.82, 2.24) is 0 Å². The first-order valence-corrected chi connectivity index (χ1v) is 10.2. The van der Waals surface area contributed by atoms with Crippen LogP contribution in [-0.4, -0.2) is 13.2 Å². The average Bonchev–Trinajstić information content (AvgIpc) is 2.54. The van der Waals surface area contributed by atoms with E-state index in [1.165, 1.54) is 5.56 Å². The minimum absolute atomic E-state index is 0.486. The zero-order valence-electron chi connectivity index (χ0n) is 14.6. The van der Waals surface area contributed by atoms with Gasteiger partial charge in [0.05, 0.1) is 18.5 Å². The van der Waals surface area contributed by atoms with Crippen LogP contribution in [0.1, 0.15) is 64.5 Å². The van der Waals surface area contributed by atoms with Crippen molar-refractivity contribution in [3.05, 3.63) is 29.3 Å². The van der Waals surface area contributed by atoms with Crippen molar-refractivity contribution in [3.63, 3.8) is 0 Å². The van der Waals surface area contributed by atoms with E-state index in [-0.39, 0.29) is 0 Å². The Bertz CT molecular complexity index is 471. The minimum Gasteiger partial charge on any atom is -0.305 e. The molecule has 126 valence electrons. The topological polar surface area (TPSA) is 35.5 Å². The molecule has 0 saturated carbocycles. The third-order valence-electron chi connectivity index (χ3n) is 3.80. The molecular formula is C18H31O3P. The normalized spacial score (nSPS) is 11.8. The predicted molar refractivity (Wildman–Crippen MR) is 94.2 cm³/mol. The maximum absolute atomic E-state index is 13.4. The summed E-state index contributed by atoms with van der Waals surface area (Å²) >= 11 is 0. The Morgan fingerprint density at radius 3 is 1.95 bits per heavy atom. The monoisotopic (exact) mass is 326 g/mol. The van der Waals surface area contributed by atoms with Gasteiger partial charge < -0.3 is 9.05 Å². The van der Waals surface area contributed by atoms with E-state index in [1.807, 2.05) is 12.1 Å². The summed E-state index contributed by atoms with van der Waals surface area (Å²) in [7, 11) is -3.23. The van der Waals surface area contributed by atoms with Gasteiger partial charge in [0.2, 0.25) is 0 Å². The molecule has 0 aromatic heterocycles. The van der Waals surface area contributed by atoms with E-state index >= 15 is 0 Å². The third-order valence-corrected chi connectivity index (χ3v) is 5.85. The standard InChI is InChI=1S/C18H31O3P/c1-5-9-14-20-22(19,21-15-10-6-2)18-13-11-12-16(7-3)17(18)8-4/h11-13H,5-10,14-15H2,1-4H3. The first kappa shape index (κ1) is 19.4. The molecule has 0 unspecified atom stereocenters. The van der Waals surface area contributed by atoms with Gasteiger partial charge in [-0.1, -0.05) is 52.7 Å². The van der Waals surface area contributed by atoms with Crippen molar-refractivity contribution in [1.29, 1.82) is 0 Å². The van der Waals surface area contributed by atoms with Crippen molar-refractivity contribution in [2.75, 3.05) is 13.2 Å². The van der Waals surface area contributed by atoms with Crippen LogP contribution in [0.25, 0.3) is 0 Å². The fourth-order valence-electron chi connectivity index (χ4n) is 2.45. The molecule has 0 amide bonds. The van der Waals surface area contributed by atoms with Crippen molar-refractivity contribution < 1.29 is 13.6 Å². The molecule has 22 heavy (non-hydrogen) atoms. The highest BCUT2D eigenvalue weighted by Crippen LogP contribution is 2.48. The zero-order chi connectivity index (χ0) is 16.4. The SMILES string of the molecule is CCCCOP(=O)(OCCCC)c1cccc(CC)c1CC. The van der Waals surface area contributed by atoms with E-state index in [1.54, 1.807) is 0 Å². The molecule has 1 aromatic carbocycles. The van der Waals surface area contributed by atoms with E-state index < -0.39 is 7.60 Å². The van der Waals surface area contributed by atoms with Gasteiger partial charge in [-0.15, -0.1) is 0 Å². The molecule has 0 fully saturated rings. The summed E-state index contributed by atoms with van der Waals surface area (Å²) in [6.45, 7) is 9.39. The van der Waals surface area contributed by atoms with E-state index in [0.717, 1.165) is 49.4 Å². The Labute approximate surface area is 136 Å². The molecule has 0 aliphatic carbocycles. The molecule has 0 bridgehead atoms. The molecule has 4 heteroatoms. The Balaban J connectivity index is 3.11. The summed E-state index contributed by atoms with van der Waals surface area (Å²) in [5, 5.41) is 0.765. The maximum atomic E-state index is 13.4. The Morgan fingerprint density at radius 2 is 1.50 bits per heavy atom. The average molecular weight is 326 g/mol. The predicted octanol–water partition coefficient (Wildman–Crippen LogP) is 5.26. The van der Waals surface area contributed by atoms with E-state index in [2.05, 4.69) is 33.8 Å². The first-order chi connectivity index (χ1) is 10.6. The van der Waals surface area contributed by atoms with Gasteiger partial charge in [0.1, 0.15) is 0 Å². The summed E-state index contributed by atoms with van der Waals surface area (Å²) in [6, 6.07) is 5.98. The second-order valence-electron chi connectivity index (χ2n) is 5.49. The number of aryl methyl sites for hydroxylation is 1. The molecule has 0 radical (unpaired) electrons. The zero-order valence-corrected chi connectivity index (χ0v) is 15.5. The lowest BCUT2D eigenvalue weighted by Gasteiger charge is -2.22. The molecule has 0 N–H and O–H groups in total. The van der Waals surface area contributed by atoms with Crippen LogP contribution in [0.5, 0.6) is 0 Å². The molecular weight excluding hydrogens is 295 g/mol. The van der Waals surface area contributed by atoms with Crippen LogP contribution in [0.4, 0.5) is 0 Å². The molecule has 0 aliphatic heterocycles. The van der Waals surface area contributed by atoms with Crippen molar-refractivity contribution in [2.45, 2.75) is 66.2 Å². The lowest BCUT2D eigenvalue weighted by Crippen LogP contribution is -2.18. The molecule has 0 heterocycles. The Morgan fingerprint density at radius 1 is 0.909 bits per heavy atom. The number of rotatable bonds is 11. The van der Waals surface area contributed by atoms with Crippen LogP contribution < -0.4 is 5.30 Å². The summed E-state index contributed by atoms with van der Waals surface area (Å²) in [5.41, 5.74) is 2.36. The third kappa shape index (κ3) is 5.22. The quantitative estimate of drug-likeness (QED) is 0.411. The van der Waals surface area contributed by atoms with E-state index in [0.29, 0.717) is 13.2 Å². The largest absolute Gasteiger partial charge is 0.361 e. The Kier molecular flexibility index (Phi) is 9.00. The summed E-state index contributed by atoms with van der Waals surface area (Å²) in [6.07, 6.45) is 5.61. The first-order valence-electron chi connectivity index (χ1n) is 8.63. The van der Waals surface area contributed by atoms with Gasteiger partial charge in [0.15, 0.2) is 0 Å². The molecule has 0 spiro atoms. The van der Waals surface area contributed by atoms with Crippen molar-refractivity contribution in [2.24, 2.45) is 0 Å². The summed E-state index contributed by atoms with van der Waals surface area (Å²) in [5.74, 6) is 0. The highest BCUT2D eigenvalue weighted by atomic mass is 31.2. The van der Waals surface area contributed by atoms with Crippen LogP contribution >= 0.6 is 7.60 Å². The highest BCUT2D eigenvalue weighted by molar-refractivity contribution is 7.62. The molecule has 0 aliphatic rings. The minimum atomic E-state index is -3.23. The fourth-order valence-corrected chi connectivity index (χ4v) is 4.44. The number of benzene rings is 1. The second kappa shape index (κ2) is 10.2.